The second-order valence-corrected chi connectivity index (χ2v) is 5.26. The summed E-state index contributed by atoms with van der Waals surface area (Å²) in [5.74, 6) is 1.03. The zero-order chi connectivity index (χ0) is 12.7. The van der Waals surface area contributed by atoms with Crippen molar-refractivity contribution >= 4 is 5.97 Å². The molecule has 1 atom stereocenters. The van der Waals surface area contributed by atoms with Gasteiger partial charge in [-0.3, -0.25) is 4.79 Å². The molecule has 1 aliphatic heterocycles. The molecule has 1 aromatic rings. The first-order valence-electron chi connectivity index (χ1n) is 5.83. The quantitative estimate of drug-likeness (QED) is 0.760. The third-order valence-electron chi connectivity index (χ3n) is 3.37. The molecule has 94 valence electrons. The van der Waals surface area contributed by atoms with Crippen molar-refractivity contribution in [2.24, 2.45) is 5.41 Å². The van der Waals surface area contributed by atoms with Gasteiger partial charge in [-0.2, -0.15) is 0 Å². The molecule has 4 heteroatoms. The van der Waals surface area contributed by atoms with E-state index in [0.29, 0.717) is 18.1 Å². The smallest absolute Gasteiger partial charge is 0.312 e. The average molecular weight is 238 g/mol. The summed E-state index contributed by atoms with van der Waals surface area (Å²) in [6.45, 7) is 7.83. The lowest BCUT2D eigenvalue weighted by Gasteiger charge is -2.28. The molecule has 1 aromatic heterocycles. The number of hydrogen-bond donors (Lipinski definition) is 0. The Labute approximate surface area is 101 Å². The number of fused-ring (bicyclic) bond motifs is 1. The van der Waals surface area contributed by atoms with Crippen molar-refractivity contribution in [3.63, 3.8) is 0 Å². The standard InChI is InChI=1S/C13H18O4/c1-5-12(2,3)11(14)17-13(4)8-16-9-6-7-15-10(9)13/h6-7H,5,8H2,1-4H3. The van der Waals surface area contributed by atoms with Crippen LogP contribution in [0.1, 0.15) is 39.9 Å². The van der Waals surface area contributed by atoms with Crippen molar-refractivity contribution in [2.45, 2.75) is 39.7 Å². The molecule has 0 saturated carbocycles. The second kappa shape index (κ2) is 3.79. The Morgan fingerprint density at radius 3 is 2.94 bits per heavy atom. The van der Waals surface area contributed by atoms with Crippen molar-refractivity contribution in [2.75, 3.05) is 6.61 Å². The first kappa shape index (κ1) is 12.0. The summed E-state index contributed by atoms with van der Waals surface area (Å²) in [7, 11) is 0. The minimum Gasteiger partial charge on any atom is -0.485 e. The van der Waals surface area contributed by atoms with Gasteiger partial charge in [0.2, 0.25) is 5.60 Å². The van der Waals surface area contributed by atoms with E-state index < -0.39 is 11.0 Å². The van der Waals surface area contributed by atoms with Gasteiger partial charge in [0, 0.05) is 6.07 Å². The topological polar surface area (TPSA) is 48.7 Å². The maximum atomic E-state index is 12.1. The van der Waals surface area contributed by atoms with E-state index in [2.05, 4.69) is 0 Å². The Hall–Kier alpha value is -1.45. The van der Waals surface area contributed by atoms with Crippen LogP contribution in [0.15, 0.2) is 16.7 Å². The van der Waals surface area contributed by atoms with Crippen LogP contribution in [0.3, 0.4) is 0 Å². The number of carbonyl (C=O) groups is 1. The van der Waals surface area contributed by atoms with Crippen molar-refractivity contribution in [3.05, 3.63) is 18.1 Å². The molecule has 17 heavy (non-hydrogen) atoms. The van der Waals surface area contributed by atoms with E-state index in [1.54, 1.807) is 12.3 Å². The minimum absolute atomic E-state index is 0.227. The SMILES string of the molecule is CCC(C)(C)C(=O)OC1(C)COc2ccoc21. The molecule has 2 rings (SSSR count). The van der Waals surface area contributed by atoms with Gasteiger partial charge >= 0.3 is 5.97 Å². The van der Waals surface area contributed by atoms with E-state index in [0.717, 1.165) is 6.42 Å². The molecule has 0 saturated heterocycles. The van der Waals surface area contributed by atoms with E-state index in [-0.39, 0.29) is 5.97 Å². The first-order valence-corrected chi connectivity index (χ1v) is 5.83. The van der Waals surface area contributed by atoms with Crippen LogP contribution in [0.5, 0.6) is 5.75 Å². The number of carbonyl (C=O) groups excluding carboxylic acids is 1. The van der Waals surface area contributed by atoms with Crippen molar-refractivity contribution in [1.82, 2.24) is 0 Å². The molecule has 0 aromatic carbocycles. The zero-order valence-corrected chi connectivity index (χ0v) is 10.7. The van der Waals surface area contributed by atoms with E-state index in [9.17, 15) is 4.79 Å². The minimum atomic E-state index is -0.803. The van der Waals surface area contributed by atoms with Crippen molar-refractivity contribution in [1.29, 1.82) is 0 Å². The molecule has 0 bridgehead atoms. The van der Waals surface area contributed by atoms with Crippen LogP contribution in [-0.4, -0.2) is 12.6 Å². The molecule has 1 aliphatic rings. The lowest BCUT2D eigenvalue weighted by Crippen LogP contribution is -2.36. The highest BCUT2D eigenvalue weighted by Crippen LogP contribution is 2.41. The predicted molar refractivity (Wildman–Crippen MR) is 61.7 cm³/mol. The predicted octanol–water partition coefficient (Wildman–Crippen LogP) is 2.87. The summed E-state index contributed by atoms with van der Waals surface area (Å²) in [5, 5.41) is 0. The van der Waals surface area contributed by atoms with Crippen molar-refractivity contribution in [3.8, 4) is 5.75 Å². The molecule has 0 radical (unpaired) electrons. The van der Waals surface area contributed by atoms with E-state index in [1.165, 1.54) is 0 Å². The highest BCUT2D eigenvalue weighted by Gasteiger charge is 2.45. The van der Waals surface area contributed by atoms with Gasteiger partial charge < -0.3 is 13.9 Å². The van der Waals surface area contributed by atoms with Crippen LogP contribution in [0, 0.1) is 5.41 Å². The van der Waals surface area contributed by atoms with Crippen LogP contribution in [0.4, 0.5) is 0 Å². The molecule has 4 nitrogen and oxygen atoms in total. The summed E-state index contributed by atoms with van der Waals surface area (Å²) in [5.41, 5.74) is -1.29. The Morgan fingerprint density at radius 2 is 2.29 bits per heavy atom. The van der Waals surface area contributed by atoms with Crippen LogP contribution in [0.2, 0.25) is 0 Å². The Bertz CT molecular complexity index is 432. The molecule has 0 spiro atoms. The van der Waals surface area contributed by atoms with E-state index in [4.69, 9.17) is 13.9 Å². The first-order chi connectivity index (χ1) is 7.89. The largest absolute Gasteiger partial charge is 0.485 e. The Morgan fingerprint density at radius 1 is 1.59 bits per heavy atom. The second-order valence-electron chi connectivity index (χ2n) is 5.26. The van der Waals surface area contributed by atoms with Gasteiger partial charge in [-0.25, -0.2) is 0 Å². The Kier molecular flexibility index (Phi) is 2.68. The lowest BCUT2D eigenvalue weighted by molar-refractivity contribution is -0.172. The van der Waals surface area contributed by atoms with Gasteiger partial charge in [0.1, 0.15) is 6.61 Å². The molecule has 0 fully saturated rings. The summed E-state index contributed by atoms with van der Waals surface area (Å²) < 4.78 is 16.3. The van der Waals surface area contributed by atoms with Gasteiger partial charge in [0.25, 0.3) is 0 Å². The third kappa shape index (κ3) is 1.92. The molecule has 0 aliphatic carbocycles. The van der Waals surface area contributed by atoms with Gasteiger partial charge in [-0.15, -0.1) is 0 Å². The van der Waals surface area contributed by atoms with Gasteiger partial charge in [0.15, 0.2) is 11.5 Å². The van der Waals surface area contributed by atoms with Crippen LogP contribution in [0.25, 0.3) is 0 Å². The fourth-order valence-corrected chi connectivity index (χ4v) is 1.64. The fourth-order valence-electron chi connectivity index (χ4n) is 1.64. The summed E-state index contributed by atoms with van der Waals surface area (Å²) in [6, 6.07) is 1.74. The highest BCUT2D eigenvalue weighted by molar-refractivity contribution is 5.76. The highest BCUT2D eigenvalue weighted by atomic mass is 16.6. The van der Waals surface area contributed by atoms with Crippen LogP contribution < -0.4 is 4.74 Å². The van der Waals surface area contributed by atoms with Crippen LogP contribution in [-0.2, 0) is 15.1 Å². The van der Waals surface area contributed by atoms with Gasteiger partial charge in [-0.1, -0.05) is 6.92 Å². The Balaban J connectivity index is 2.18. The summed E-state index contributed by atoms with van der Waals surface area (Å²) in [4.78, 5) is 12.1. The summed E-state index contributed by atoms with van der Waals surface area (Å²) >= 11 is 0. The molecular formula is C13H18O4. The maximum Gasteiger partial charge on any atom is 0.312 e. The molecule has 0 N–H and O–H groups in total. The number of esters is 1. The number of ether oxygens (including phenoxy) is 2. The van der Waals surface area contributed by atoms with E-state index in [1.807, 2.05) is 27.7 Å². The maximum absolute atomic E-state index is 12.1. The molecule has 1 unspecified atom stereocenters. The van der Waals surface area contributed by atoms with Gasteiger partial charge in [0.05, 0.1) is 11.7 Å². The number of furan rings is 1. The fraction of sp³-hybridized carbons (Fsp3) is 0.615. The molecule has 2 heterocycles. The number of rotatable bonds is 3. The van der Waals surface area contributed by atoms with Crippen LogP contribution >= 0.6 is 0 Å². The average Bonchev–Trinajstić information content (AvgIpc) is 2.84. The normalized spacial score (nSPS) is 23.1. The van der Waals surface area contributed by atoms with E-state index >= 15 is 0 Å². The monoisotopic (exact) mass is 238 g/mol. The third-order valence-corrected chi connectivity index (χ3v) is 3.37. The summed E-state index contributed by atoms with van der Waals surface area (Å²) in [6.07, 6.45) is 2.27. The van der Waals surface area contributed by atoms with Crippen molar-refractivity contribution < 1.29 is 18.7 Å². The lowest BCUT2D eigenvalue weighted by atomic mass is 9.90. The molecule has 0 amide bonds. The molecular weight excluding hydrogens is 220 g/mol. The number of hydrogen-bond acceptors (Lipinski definition) is 4. The zero-order valence-electron chi connectivity index (χ0n) is 10.7. The van der Waals surface area contributed by atoms with Gasteiger partial charge in [-0.05, 0) is 27.2 Å².